The van der Waals surface area contributed by atoms with E-state index < -0.39 is 0 Å². The molecule has 3 saturated carbocycles. The molecule has 2 bridgehead atoms. The van der Waals surface area contributed by atoms with E-state index in [0.717, 1.165) is 17.8 Å². The topological polar surface area (TPSA) is 26.0 Å². The van der Waals surface area contributed by atoms with Gasteiger partial charge in [0, 0.05) is 5.54 Å². The third-order valence-electron chi connectivity index (χ3n) is 5.17. The Hall–Kier alpha value is -0.0400. The molecule has 0 aromatic carbocycles. The van der Waals surface area contributed by atoms with Crippen LogP contribution >= 0.6 is 0 Å². The van der Waals surface area contributed by atoms with Crippen molar-refractivity contribution in [2.75, 3.05) is 0 Å². The molecule has 3 atom stereocenters. The van der Waals surface area contributed by atoms with Gasteiger partial charge in [-0.3, -0.25) is 0 Å². The minimum Gasteiger partial charge on any atom is -0.325 e. The van der Waals surface area contributed by atoms with Crippen LogP contribution in [0.5, 0.6) is 0 Å². The van der Waals surface area contributed by atoms with Crippen LogP contribution in [0.1, 0.15) is 57.8 Å². The van der Waals surface area contributed by atoms with Gasteiger partial charge in [0.1, 0.15) is 0 Å². The molecule has 3 aliphatic carbocycles. The molecule has 1 heteroatoms. The van der Waals surface area contributed by atoms with Crippen LogP contribution in [0.3, 0.4) is 0 Å². The van der Waals surface area contributed by atoms with Crippen LogP contribution in [0.25, 0.3) is 0 Å². The molecule has 2 N–H and O–H groups in total. The average Bonchev–Trinajstić information content (AvgIpc) is 2.78. The largest absolute Gasteiger partial charge is 0.325 e. The number of rotatable bonds is 2. The minimum atomic E-state index is 0.276. The van der Waals surface area contributed by atoms with Crippen molar-refractivity contribution in [2.45, 2.75) is 63.3 Å². The van der Waals surface area contributed by atoms with Crippen LogP contribution in [-0.2, 0) is 0 Å². The van der Waals surface area contributed by atoms with E-state index in [1.54, 1.807) is 0 Å². The van der Waals surface area contributed by atoms with E-state index in [1.807, 2.05) is 0 Å². The van der Waals surface area contributed by atoms with Crippen molar-refractivity contribution in [2.24, 2.45) is 23.5 Å². The Morgan fingerprint density at radius 2 is 1.86 bits per heavy atom. The molecule has 0 amide bonds. The molecule has 0 radical (unpaired) electrons. The number of hydrogen-bond donors (Lipinski definition) is 1. The van der Waals surface area contributed by atoms with Crippen molar-refractivity contribution in [1.29, 1.82) is 0 Å². The molecule has 3 rings (SSSR count). The second-order valence-electron chi connectivity index (χ2n) is 6.17. The first-order valence-electron chi connectivity index (χ1n) is 6.55. The zero-order valence-electron chi connectivity index (χ0n) is 9.17. The lowest BCUT2D eigenvalue weighted by molar-refractivity contribution is 0.217. The van der Waals surface area contributed by atoms with Gasteiger partial charge in [-0.2, -0.15) is 0 Å². The van der Waals surface area contributed by atoms with Crippen LogP contribution in [0, 0.1) is 17.8 Å². The smallest absolute Gasteiger partial charge is 0.0188 e. The van der Waals surface area contributed by atoms with E-state index in [-0.39, 0.29) is 5.54 Å². The van der Waals surface area contributed by atoms with Gasteiger partial charge in [-0.05, 0) is 43.4 Å². The van der Waals surface area contributed by atoms with E-state index in [1.165, 1.54) is 57.8 Å². The van der Waals surface area contributed by atoms with Gasteiger partial charge in [0.25, 0.3) is 0 Å². The van der Waals surface area contributed by atoms with Gasteiger partial charge < -0.3 is 5.73 Å². The Bertz CT molecular complexity index is 219. The molecule has 3 aliphatic rings. The summed E-state index contributed by atoms with van der Waals surface area (Å²) in [5.41, 5.74) is 6.90. The molecule has 3 fully saturated rings. The fourth-order valence-corrected chi connectivity index (χ4v) is 4.49. The first-order valence-corrected chi connectivity index (χ1v) is 6.55. The summed E-state index contributed by atoms with van der Waals surface area (Å²) in [6.45, 7) is 0. The van der Waals surface area contributed by atoms with Crippen LogP contribution in [0.2, 0.25) is 0 Å². The molecular weight excluding hydrogens is 170 g/mol. The normalized spacial score (nSPS) is 47.8. The van der Waals surface area contributed by atoms with E-state index in [9.17, 15) is 0 Å². The van der Waals surface area contributed by atoms with E-state index in [4.69, 9.17) is 5.73 Å². The number of fused-ring (bicyclic) bond motifs is 2. The fraction of sp³-hybridized carbons (Fsp3) is 1.00. The van der Waals surface area contributed by atoms with Crippen molar-refractivity contribution in [1.82, 2.24) is 0 Å². The Balaban J connectivity index is 1.65. The van der Waals surface area contributed by atoms with Gasteiger partial charge in [0.15, 0.2) is 0 Å². The van der Waals surface area contributed by atoms with Gasteiger partial charge in [0.2, 0.25) is 0 Å². The molecular formula is C13H23N. The fourth-order valence-electron chi connectivity index (χ4n) is 4.49. The van der Waals surface area contributed by atoms with Crippen LogP contribution < -0.4 is 5.73 Å². The minimum absolute atomic E-state index is 0.276. The Morgan fingerprint density at radius 1 is 1.07 bits per heavy atom. The van der Waals surface area contributed by atoms with Crippen LogP contribution in [0.15, 0.2) is 0 Å². The summed E-state index contributed by atoms with van der Waals surface area (Å²) in [7, 11) is 0. The SMILES string of the molecule is NC1(CC2CCCC2)CC2CCC1C2. The Labute approximate surface area is 87.4 Å². The molecule has 14 heavy (non-hydrogen) atoms. The highest BCUT2D eigenvalue weighted by Gasteiger charge is 2.49. The summed E-state index contributed by atoms with van der Waals surface area (Å²) in [6.07, 6.45) is 13.0. The zero-order chi connectivity index (χ0) is 9.60. The van der Waals surface area contributed by atoms with Gasteiger partial charge in [-0.1, -0.05) is 32.1 Å². The maximum atomic E-state index is 6.62. The summed E-state index contributed by atoms with van der Waals surface area (Å²) >= 11 is 0. The van der Waals surface area contributed by atoms with Crippen molar-refractivity contribution in [3.8, 4) is 0 Å². The molecule has 0 saturated heterocycles. The lowest BCUT2D eigenvalue weighted by Gasteiger charge is -2.36. The van der Waals surface area contributed by atoms with E-state index in [2.05, 4.69) is 0 Å². The second-order valence-corrected chi connectivity index (χ2v) is 6.17. The Morgan fingerprint density at radius 3 is 2.43 bits per heavy atom. The van der Waals surface area contributed by atoms with Crippen LogP contribution in [0.4, 0.5) is 0 Å². The maximum Gasteiger partial charge on any atom is 0.0188 e. The Kier molecular flexibility index (Phi) is 2.12. The molecule has 1 nitrogen and oxygen atoms in total. The molecule has 0 aromatic heterocycles. The van der Waals surface area contributed by atoms with E-state index >= 15 is 0 Å². The highest BCUT2D eigenvalue weighted by molar-refractivity contribution is 5.05. The highest BCUT2D eigenvalue weighted by atomic mass is 14.8. The van der Waals surface area contributed by atoms with Gasteiger partial charge >= 0.3 is 0 Å². The van der Waals surface area contributed by atoms with Crippen molar-refractivity contribution < 1.29 is 0 Å². The zero-order valence-corrected chi connectivity index (χ0v) is 9.17. The molecule has 0 spiro atoms. The lowest BCUT2D eigenvalue weighted by atomic mass is 9.75. The maximum absolute atomic E-state index is 6.62. The van der Waals surface area contributed by atoms with Crippen LogP contribution in [-0.4, -0.2) is 5.54 Å². The van der Waals surface area contributed by atoms with Crippen molar-refractivity contribution in [3.05, 3.63) is 0 Å². The lowest BCUT2D eigenvalue weighted by Crippen LogP contribution is -2.46. The predicted octanol–water partition coefficient (Wildman–Crippen LogP) is 3.08. The first kappa shape index (κ1) is 9.21. The summed E-state index contributed by atoms with van der Waals surface area (Å²) in [5.74, 6) is 2.89. The summed E-state index contributed by atoms with van der Waals surface area (Å²) < 4.78 is 0. The quantitative estimate of drug-likeness (QED) is 0.716. The monoisotopic (exact) mass is 193 g/mol. The third-order valence-corrected chi connectivity index (χ3v) is 5.17. The van der Waals surface area contributed by atoms with E-state index in [0.29, 0.717) is 0 Å². The van der Waals surface area contributed by atoms with Gasteiger partial charge in [-0.15, -0.1) is 0 Å². The molecule has 3 unspecified atom stereocenters. The molecule has 0 aliphatic heterocycles. The molecule has 0 heterocycles. The summed E-state index contributed by atoms with van der Waals surface area (Å²) in [4.78, 5) is 0. The predicted molar refractivity (Wildman–Crippen MR) is 58.9 cm³/mol. The standard InChI is InChI=1S/C13H23N/c14-13(8-10-3-1-2-4-10)9-11-5-6-12(13)7-11/h10-12H,1-9,14H2. The summed E-state index contributed by atoms with van der Waals surface area (Å²) in [6, 6.07) is 0. The number of hydrogen-bond acceptors (Lipinski definition) is 1. The van der Waals surface area contributed by atoms with Gasteiger partial charge in [0.05, 0.1) is 0 Å². The summed E-state index contributed by atoms with van der Waals surface area (Å²) in [5, 5.41) is 0. The van der Waals surface area contributed by atoms with Crippen molar-refractivity contribution >= 4 is 0 Å². The highest BCUT2D eigenvalue weighted by Crippen LogP contribution is 2.52. The molecule has 80 valence electrons. The first-order chi connectivity index (χ1) is 6.76. The molecule has 0 aromatic rings. The third kappa shape index (κ3) is 1.41. The van der Waals surface area contributed by atoms with Crippen molar-refractivity contribution in [3.63, 3.8) is 0 Å². The number of nitrogens with two attached hydrogens (primary N) is 1. The van der Waals surface area contributed by atoms with Gasteiger partial charge in [-0.25, -0.2) is 0 Å². The second kappa shape index (κ2) is 3.23. The average molecular weight is 193 g/mol.